The summed E-state index contributed by atoms with van der Waals surface area (Å²) in [7, 11) is 0. The van der Waals surface area contributed by atoms with Gasteiger partial charge >= 0.3 is 5.76 Å². The molecule has 0 unspecified atom stereocenters. The van der Waals surface area contributed by atoms with Crippen LogP contribution in [0, 0.1) is 0 Å². The second-order valence-corrected chi connectivity index (χ2v) is 4.41. The molecule has 5 heteroatoms. The van der Waals surface area contributed by atoms with Gasteiger partial charge in [-0.1, -0.05) is 6.07 Å². The lowest BCUT2D eigenvalue weighted by Gasteiger charge is -2.35. The summed E-state index contributed by atoms with van der Waals surface area (Å²) in [6, 6.07) is 5.45. The Morgan fingerprint density at radius 2 is 2.20 bits per heavy atom. The van der Waals surface area contributed by atoms with Gasteiger partial charge in [0.1, 0.15) is 4.87 Å². The van der Waals surface area contributed by atoms with Crippen molar-refractivity contribution in [3.05, 3.63) is 34.3 Å². The molecule has 0 spiro atoms. The fraction of sp³-hybridized carbons (Fsp3) is 0.300. The average molecular weight is 226 g/mol. The zero-order chi connectivity index (χ0) is 10.5. The lowest BCUT2D eigenvalue weighted by atomic mass is 9.96. The van der Waals surface area contributed by atoms with Crippen LogP contribution >= 0.6 is 11.6 Å². The van der Waals surface area contributed by atoms with E-state index in [2.05, 4.69) is 4.98 Å². The smallest absolute Gasteiger partial charge is 0.408 e. The highest BCUT2D eigenvalue weighted by atomic mass is 35.5. The number of alkyl halides is 1. The maximum Gasteiger partial charge on any atom is 0.417 e. The molecule has 0 aliphatic carbocycles. The number of aromatic nitrogens is 1. The molecule has 0 amide bonds. The summed E-state index contributed by atoms with van der Waals surface area (Å²) in [5, 5.41) is 0. The normalized spacial score (nSPS) is 19.0. The largest absolute Gasteiger partial charge is 0.417 e. The second-order valence-electron chi connectivity index (χ2n) is 3.68. The quantitative estimate of drug-likeness (QED) is 0.750. The number of hydrogen-bond donors (Lipinski definition) is 1. The summed E-state index contributed by atoms with van der Waals surface area (Å²) in [5.74, 6) is -0.448. The van der Waals surface area contributed by atoms with E-state index in [1.807, 2.05) is 6.07 Å². The van der Waals surface area contributed by atoms with Crippen molar-refractivity contribution in [1.82, 2.24) is 4.98 Å². The Kier molecular flexibility index (Phi) is 1.72. The van der Waals surface area contributed by atoms with Crippen LogP contribution in [0.3, 0.4) is 0 Å². The molecule has 2 aromatic rings. The van der Waals surface area contributed by atoms with Gasteiger partial charge in [0.05, 0.1) is 18.7 Å². The van der Waals surface area contributed by atoms with E-state index in [1.54, 1.807) is 12.1 Å². The number of ether oxygens (including phenoxy) is 1. The van der Waals surface area contributed by atoms with E-state index in [0.29, 0.717) is 24.3 Å². The Hall–Kier alpha value is -1.26. The number of fused-ring (bicyclic) bond motifs is 1. The number of hydrogen-bond acceptors (Lipinski definition) is 3. The Balaban J connectivity index is 2.17. The Labute approximate surface area is 89.8 Å². The van der Waals surface area contributed by atoms with Crippen LogP contribution in [-0.4, -0.2) is 18.2 Å². The first-order chi connectivity index (χ1) is 7.17. The average Bonchev–Trinajstić information content (AvgIpc) is 2.53. The molecule has 4 nitrogen and oxygen atoms in total. The van der Waals surface area contributed by atoms with E-state index in [4.69, 9.17) is 20.8 Å². The maximum absolute atomic E-state index is 11.0. The van der Waals surface area contributed by atoms with Crippen molar-refractivity contribution in [2.24, 2.45) is 0 Å². The number of benzene rings is 1. The number of aromatic amines is 1. The maximum atomic E-state index is 11.0. The molecule has 15 heavy (non-hydrogen) atoms. The topological polar surface area (TPSA) is 55.2 Å². The van der Waals surface area contributed by atoms with E-state index in [1.165, 1.54) is 0 Å². The number of oxazole rings is 1. The van der Waals surface area contributed by atoms with Crippen LogP contribution in [-0.2, 0) is 9.61 Å². The lowest BCUT2D eigenvalue weighted by Crippen LogP contribution is -2.41. The molecule has 1 aromatic carbocycles. The van der Waals surface area contributed by atoms with Crippen LogP contribution in [0.4, 0.5) is 0 Å². The van der Waals surface area contributed by atoms with E-state index in [0.717, 1.165) is 5.56 Å². The molecule has 0 saturated carbocycles. The van der Waals surface area contributed by atoms with E-state index in [9.17, 15) is 4.79 Å². The summed E-state index contributed by atoms with van der Waals surface area (Å²) in [5.41, 5.74) is 2.14. The third-order valence-corrected chi connectivity index (χ3v) is 3.04. The van der Waals surface area contributed by atoms with Crippen molar-refractivity contribution in [2.45, 2.75) is 4.87 Å². The molecule has 0 radical (unpaired) electrons. The van der Waals surface area contributed by atoms with Crippen LogP contribution in [0.15, 0.2) is 27.4 Å². The molecule has 1 N–H and O–H groups in total. The van der Waals surface area contributed by atoms with Crippen molar-refractivity contribution in [1.29, 1.82) is 0 Å². The van der Waals surface area contributed by atoms with Gasteiger partial charge in [0.2, 0.25) is 0 Å². The van der Waals surface area contributed by atoms with Crippen molar-refractivity contribution >= 4 is 22.7 Å². The van der Waals surface area contributed by atoms with Gasteiger partial charge in [-0.05, 0) is 17.7 Å². The molecule has 3 rings (SSSR count). The minimum absolute atomic E-state index is 0.448. The van der Waals surface area contributed by atoms with Crippen molar-refractivity contribution in [2.75, 3.05) is 13.2 Å². The zero-order valence-corrected chi connectivity index (χ0v) is 8.50. The van der Waals surface area contributed by atoms with Crippen LogP contribution in [0.2, 0.25) is 0 Å². The molecule has 1 aliphatic rings. The van der Waals surface area contributed by atoms with E-state index in [-0.39, 0.29) is 0 Å². The number of H-pyrrole nitrogens is 1. The van der Waals surface area contributed by atoms with Crippen molar-refractivity contribution in [3.63, 3.8) is 0 Å². The second kappa shape index (κ2) is 2.87. The first kappa shape index (κ1) is 9.00. The molecule has 78 valence electrons. The van der Waals surface area contributed by atoms with Gasteiger partial charge in [-0.25, -0.2) is 4.79 Å². The van der Waals surface area contributed by atoms with Gasteiger partial charge in [0, 0.05) is 0 Å². The van der Waals surface area contributed by atoms with Gasteiger partial charge in [-0.2, -0.15) is 0 Å². The first-order valence-corrected chi connectivity index (χ1v) is 4.95. The highest BCUT2D eigenvalue weighted by Gasteiger charge is 2.38. The number of nitrogens with one attached hydrogen (secondary N) is 1. The standard InChI is InChI=1S/C10H8ClNO3/c11-10(4-14-5-10)6-1-2-7-8(3-6)15-9(13)12-7/h1-3H,4-5H2,(H,12,13). The third-order valence-electron chi connectivity index (χ3n) is 2.60. The van der Waals surface area contributed by atoms with Crippen LogP contribution in [0.5, 0.6) is 0 Å². The molecule has 1 fully saturated rings. The summed E-state index contributed by atoms with van der Waals surface area (Å²) in [6.07, 6.45) is 0. The van der Waals surface area contributed by atoms with Gasteiger partial charge in [0.25, 0.3) is 0 Å². The molecule has 1 saturated heterocycles. The minimum atomic E-state index is -0.454. The minimum Gasteiger partial charge on any atom is -0.408 e. The third kappa shape index (κ3) is 1.29. The SMILES string of the molecule is O=c1[nH]c2ccc(C3(Cl)COC3)cc2o1. The monoisotopic (exact) mass is 225 g/mol. The Morgan fingerprint density at radius 3 is 2.87 bits per heavy atom. The van der Waals surface area contributed by atoms with Gasteiger partial charge in [-0.15, -0.1) is 11.6 Å². The van der Waals surface area contributed by atoms with E-state index < -0.39 is 10.6 Å². The number of rotatable bonds is 1. The summed E-state index contributed by atoms with van der Waals surface area (Å²) >= 11 is 6.29. The Morgan fingerprint density at radius 1 is 1.40 bits per heavy atom. The molecular weight excluding hydrogens is 218 g/mol. The molecule has 1 aromatic heterocycles. The van der Waals surface area contributed by atoms with Crippen LogP contribution in [0.25, 0.3) is 11.1 Å². The van der Waals surface area contributed by atoms with Crippen LogP contribution in [0.1, 0.15) is 5.56 Å². The van der Waals surface area contributed by atoms with Gasteiger partial charge in [0.15, 0.2) is 5.58 Å². The molecule has 0 atom stereocenters. The molecular formula is C10H8ClNO3. The molecule has 1 aliphatic heterocycles. The molecule has 2 heterocycles. The van der Waals surface area contributed by atoms with Gasteiger partial charge in [-0.3, -0.25) is 4.98 Å². The highest BCUT2D eigenvalue weighted by Crippen LogP contribution is 2.37. The van der Waals surface area contributed by atoms with Crippen molar-refractivity contribution in [3.8, 4) is 0 Å². The Bertz CT molecular complexity index is 567. The van der Waals surface area contributed by atoms with Crippen LogP contribution < -0.4 is 5.76 Å². The van der Waals surface area contributed by atoms with Crippen molar-refractivity contribution < 1.29 is 9.15 Å². The predicted octanol–water partition coefficient (Wildman–Crippen LogP) is 1.59. The number of halogens is 1. The summed E-state index contributed by atoms with van der Waals surface area (Å²) in [4.78, 5) is 13.1. The van der Waals surface area contributed by atoms with E-state index >= 15 is 0 Å². The van der Waals surface area contributed by atoms with Gasteiger partial charge < -0.3 is 9.15 Å². The lowest BCUT2D eigenvalue weighted by molar-refractivity contribution is -0.0151. The predicted molar refractivity (Wildman–Crippen MR) is 55.2 cm³/mol. The first-order valence-electron chi connectivity index (χ1n) is 4.57. The highest BCUT2D eigenvalue weighted by molar-refractivity contribution is 6.24. The fourth-order valence-electron chi connectivity index (χ4n) is 1.67. The fourth-order valence-corrected chi connectivity index (χ4v) is 1.94. The molecule has 0 bridgehead atoms. The summed E-state index contributed by atoms with van der Waals surface area (Å²) in [6.45, 7) is 0.990. The zero-order valence-electron chi connectivity index (χ0n) is 7.75. The summed E-state index contributed by atoms with van der Waals surface area (Å²) < 4.78 is 10.0.